The van der Waals surface area contributed by atoms with Crippen molar-refractivity contribution in [2.45, 2.75) is 36.8 Å². The van der Waals surface area contributed by atoms with Crippen molar-refractivity contribution in [1.82, 2.24) is 4.90 Å². The molecule has 1 unspecified atom stereocenters. The Kier molecular flexibility index (Phi) is 8.70. The van der Waals surface area contributed by atoms with E-state index in [0.717, 1.165) is 36.0 Å². The van der Waals surface area contributed by atoms with Gasteiger partial charge in [0.1, 0.15) is 4.20 Å². The average molecular weight is 466 g/mol. The van der Waals surface area contributed by atoms with Gasteiger partial charge in [-0.1, -0.05) is 36.7 Å². The van der Waals surface area contributed by atoms with E-state index in [-0.39, 0.29) is 4.20 Å². The molecule has 0 bridgehead atoms. The van der Waals surface area contributed by atoms with Crippen LogP contribution in [0.5, 0.6) is 11.5 Å². The first-order valence-electron chi connectivity index (χ1n) is 10.4. The average Bonchev–Trinajstić information content (AvgIpc) is 2.76. The molecule has 0 spiro atoms. The number of rotatable bonds is 9. The lowest BCUT2D eigenvalue weighted by atomic mass is 10.0. The highest BCUT2D eigenvalue weighted by Crippen LogP contribution is 2.45. The van der Waals surface area contributed by atoms with Crippen LogP contribution in [0.2, 0.25) is 5.02 Å². The second-order valence-corrected chi connectivity index (χ2v) is 11.5. The molecule has 2 aromatic rings. The zero-order valence-corrected chi connectivity index (χ0v) is 20.7. The number of hydrogen-bond acceptors (Lipinski definition) is 5. The molecule has 2 aromatic carbocycles. The molecular weight excluding hydrogens is 434 g/mol. The maximum Gasteiger partial charge on any atom is 0.160 e. The summed E-state index contributed by atoms with van der Waals surface area (Å²) >= 11 is 10.4. The van der Waals surface area contributed by atoms with Crippen molar-refractivity contribution in [3.8, 4) is 11.5 Å². The van der Waals surface area contributed by atoms with Crippen molar-refractivity contribution < 1.29 is 9.47 Å². The summed E-state index contributed by atoms with van der Waals surface area (Å²) in [5, 5.41) is 0.809. The maximum atomic E-state index is 6.25. The Hall–Kier alpha value is -1.01. The largest absolute Gasteiger partial charge is 0.493 e. The van der Waals surface area contributed by atoms with Crippen LogP contribution in [0.3, 0.4) is 0 Å². The van der Waals surface area contributed by atoms with Gasteiger partial charge >= 0.3 is 0 Å². The molecule has 0 N–H and O–H groups in total. The van der Waals surface area contributed by atoms with Gasteiger partial charge in [0.2, 0.25) is 0 Å². The van der Waals surface area contributed by atoms with Crippen LogP contribution in [0.4, 0.5) is 0 Å². The van der Waals surface area contributed by atoms with Crippen molar-refractivity contribution in [2.75, 3.05) is 38.8 Å². The highest BCUT2D eigenvalue weighted by atomic mass is 35.5. The van der Waals surface area contributed by atoms with Crippen LogP contribution < -0.4 is 9.47 Å². The summed E-state index contributed by atoms with van der Waals surface area (Å²) in [6.07, 6.45) is 2.26. The van der Waals surface area contributed by atoms with Crippen molar-refractivity contribution in [3.05, 3.63) is 58.6 Å². The highest BCUT2D eigenvalue weighted by Gasteiger charge is 2.35. The fraction of sp³-hybridized carbons (Fsp3) is 0.500. The second kappa shape index (κ2) is 11.0. The zero-order chi connectivity index (χ0) is 21.6. The first-order chi connectivity index (χ1) is 14.4. The molecule has 1 fully saturated rings. The van der Waals surface area contributed by atoms with E-state index < -0.39 is 0 Å². The summed E-state index contributed by atoms with van der Waals surface area (Å²) in [6, 6.07) is 14.5. The molecule has 3 nitrogen and oxygen atoms in total. The van der Waals surface area contributed by atoms with Gasteiger partial charge in [0.25, 0.3) is 0 Å². The van der Waals surface area contributed by atoms with Crippen molar-refractivity contribution in [2.24, 2.45) is 0 Å². The third-order valence-electron chi connectivity index (χ3n) is 5.63. The molecule has 1 aliphatic heterocycles. The van der Waals surface area contributed by atoms with Gasteiger partial charge in [-0.05, 0) is 72.6 Å². The minimum atomic E-state index is 0.0989. The molecular formula is C24H32ClNO2S2. The van der Waals surface area contributed by atoms with Gasteiger partial charge < -0.3 is 9.47 Å². The van der Waals surface area contributed by atoms with Gasteiger partial charge in [0, 0.05) is 18.1 Å². The van der Waals surface area contributed by atoms with Crippen LogP contribution in [0.1, 0.15) is 37.3 Å². The Labute approximate surface area is 194 Å². The monoisotopic (exact) mass is 465 g/mol. The van der Waals surface area contributed by atoms with Gasteiger partial charge in [-0.15, -0.1) is 23.5 Å². The number of thioether (sulfide) groups is 2. The molecule has 0 aliphatic carbocycles. The third kappa shape index (κ3) is 6.03. The molecule has 0 radical (unpaired) electrons. The number of hydrogen-bond donors (Lipinski definition) is 0. The molecule has 6 heteroatoms. The standard InChI is InChI=1S/C24H32ClNO2S2/c1-18(20-7-5-8-21(25)16-20)17-26(24(2)29-13-6-14-30-24)12-11-19-9-10-22(27-3)23(15-19)28-4/h5,7-10,15-16,18H,6,11-14,17H2,1-4H3. The predicted molar refractivity (Wildman–Crippen MR) is 133 cm³/mol. The van der Waals surface area contributed by atoms with Crippen LogP contribution in [-0.2, 0) is 6.42 Å². The Bertz CT molecular complexity index is 827. The van der Waals surface area contributed by atoms with E-state index in [2.05, 4.69) is 66.5 Å². The van der Waals surface area contributed by atoms with E-state index >= 15 is 0 Å². The lowest BCUT2D eigenvalue weighted by Crippen LogP contribution is -2.46. The Morgan fingerprint density at radius 1 is 1.07 bits per heavy atom. The normalized spacial score (nSPS) is 17.0. The summed E-state index contributed by atoms with van der Waals surface area (Å²) in [5.41, 5.74) is 2.57. The summed E-state index contributed by atoms with van der Waals surface area (Å²) in [5.74, 6) is 4.43. The number of methoxy groups -OCH3 is 2. The molecule has 164 valence electrons. The fourth-order valence-corrected chi connectivity index (χ4v) is 7.06. The van der Waals surface area contributed by atoms with Gasteiger partial charge in [-0.2, -0.15) is 0 Å². The zero-order valence-electron chi connectivity index (χ0n) is 18.3. The van der Waals surface area contributed by atoms with E-state index in [1.807, 2.05) is 18.2 Å². The van der Waals surface area contributed by atoms with E-state index in [1.54, 1.807) is 14.2 Å². The quantitative estimate of drug-likeness (QED) is 0.417. The van der Waals surface area contributed by atoms with Gasteiger partial charge in [0.15, 0.2) is 11.5 Å². The molecule has 0 amide bonds. The summed E-state index contributed by atoms with van der Waals surface area (Å²) in [6.45, 7) is 6.69. The van der Waals surface area contributed by atoms with Gasteiger partial charge in [-0.25, -0.2) is 0 Å². The van der Waals surface area contributed by atoms with E-state index in [1.165, 1.54) is 29.1 Å². The SMILES string of the molecule is COc1ccc(CCN(CC(C)c2cccc(Cl)c2)C2(C)SCCCS2)cc1OC. The Morgan fingerprint density at radius 3 is 2.47 bits per heavy atom. The summed E-state index contributed by atoms with van der Waals surface area (Å²) < 4.78 is 11.0. The smallest absolute Gasteiger partial charge is 0.160 e. The second-order valence-electron chi connectivity index (χ2n) is 7.79. The molecule has 0 aromatic heterocycles. The molecule has 1 saturated heterocycles. The minimum Gasteiger partial charge on any atom is -0.493 e. The Morgan fingerprint density at radius 2 is 1.80 bits per heavy atom. The Balaban J connectivity index is 1.76. The number of halogens is 1. The van der Waals surface area contributed by atoms with Crippen molar-refractivity contribution in [1.29, 1.82) is 0 Å². The van der Waals surface area contributed by atoms with Crippen LogP contribution in [0.25, 0.3) is 0 Å². The molecule has 3 rings (SSSR count). The van der Waals surface area contributed by atoms with Crippen LogP contribution in [-0.4, -0.2) is 47.9 Å². The predicted octanol–water partition coefficient (Wildman–Crippen LogP) is 6.55. The molecule has 0 saturated carbocycles. The van der Waals surface area contributed by atoms with Crippen molar-refractivity contribution >= 4 is 35.1 Å². The first-order valence-corrected chi connectivity index (χ1v) is 12.8. The number of benzene rings is 2. The van der Waals surface area contributed by atoms with Gasteiger partial charge in [-0.3, -0.25) is 4.90 Å². The van der Waals surface area contributed by atoms with E-state index in [4.69, 9.17) is 21.1 Å². The molecule has 1 aliphatic rings. The summed E-state index contributed by atoms with van der Waals surface area (Å²) in [4.78, 5) is 2.66. The number of nitrogens with zero attached hydrogens (tertiary/aromatic N) is 1. The minimum absolute atomic E-state index is 0.0989. The maximum absolute atomic E-state index is 6.25. The lowest BCUT2D eigenvalue weighted by molar-refractivity contribution is 0.236. The third-order valence-corrected chi connectivity index (χ3v) is 9.15. The highest BCUT2D eigenvalue weighted by molar-refractivity contribution is 8.18. The summed E-state index contributed by atoms with van der Waals surface area (Å²) in [7, 11) is 3.37. The van der Waals surface area contributed by atoms with Crippen LogP contribution in [0.15, 0.2) is 42.5 Å². The first kappa shape index (κ1) is 23.6. The van der Waals surface area contributed by atoms with Gasteiger partial charge in [0.05, 0.1) is 14.2 Å². The number of ether oxygens (including phenoxy) is 2. The molecule has 1 atom stereocenters. The fourth-order valence-electron chi connectivity index (χ4n) is 3.82. The topological polar surface area (TPSA) is 21.7 Å². The van der Waals surface area contributed by atoms with E-state index in [9.17, 15) is 0 Å². The molecule has 1 heterocycles. The van der Waals surface area contributed by atoms with Crippen LogP contribution in [0, 0.1) is 0 Å². The molecule has 30 heavy (non-hydrogen) atoms. The lowest BCUT2D eigenvalue weighted by Gasteiger charge is -2.44. The van der Waals surface area contributed by atoms with Crippen molar-refractivity contribution in [3.63, 3.8) is 0 Å². The van der Waals surface area contributed by atoms with Crippen LogP contribution >= 0.6 is 35.1 Å². The van der Waals surface area contributed by atoms with E-state index in [0.29, 0.717) is 5.92 Å².